The van der Waals surface area contributed by atoms with Crippen LogP contribution in [0, 0.1) is 0 Å². The zero-order valence-corrected chi connectivity index (χ0v) is 21.3. The first kappa shape index (κ1) is 26.2. The highest BCUT2D eigenvalue weighted by molar-refractivity contribution is 9.10. The molecule has 0 fully saturated rings. The van der Waals surface area contributed by atoms with Crippen molar-refractivity contribution < 1.29 is 24.1 Å². The minimum atomic E-state index is -1.04. The number of hydrogen-bond acceptors (Lipinski definition) is 6. The highest BCUT2D eigenvalue weighted by atomic mass is 79.9. The number of nitrogens with one attached hydrogen (secondary N) is 1. The fraction of sp³-hybridized carbons (Fsp3) is 0.462. The molecule has 0 saturated carbocycles. The van der Waals surface area contributed by atoms with E-state index in [1.54, 1.807) is 0 Å². The van der Waals surface area contributed by atoms with Gasteiger partial charge < -0.3 is 24.6 Å². The topological polar surface area (TPSA) is 89.4 Å². The summed E-state index contributed by atoms with van der Waals surface area (Å²) < 4.78 is 18.1. The van der Waals surface area contributed by atoms with Crippen molar-refractivity contribution in [2.24, 2.45) is 4.99 Å². The number of halogens is 1. The zero-order chi connectivity index (χ0) is 24.4. The standard InChI is InChI=1S/C26H33BrN2O5/c1-19(2)32-15-3-13-28-25(31)26(17-20-5-9-22(27)10-6-20)18-34-24(29-26)21-7-11-23(12-8-21)33-16-4-14-30/h5-12,19,30H,3-4,13-18H2,1-2H3,(H,28,31)/t26-/m1/s1. The smallest absolute Gasteiger partial charge is 0.251 e. The Labute approximate surface area is 209 Å². The van der Waals surface area contributed by atoms with E-state index < -0.39 is 5.54 Å². The summed E-state index contributed by atoms with van der Waals surface area (Å²) >= 11 is 3.46. The molecule has 1 aliphatic heterocycles. The van der Waals surface area contributed by atoms with E-state index in [-0.39, 0.29) is 25.2 Å². The first-order valence-electron chi connectivity index (χ1n) is 11.6. The molecule has 0 bridgehead atoms. The van der Waals surface area contributed by atoms with Crippen molar-refractivity contribution in [2.45, 2.75) is 44.8 Å². The fourth-order valence-corrected chi connectivity index (χ4v) is 3.79. The summed E-state index contributed by atoms with van der Waals surface area (Å²) in [4.78, 5) is 18.1. The number of aliphatic hydroxyl groups is 1. The van der Waals surface area contributed by atoms with Crippen LogP contribution in [0.3, 0.4) is 0 Å². The number of carbonyl (C=O) groups excluding carboxylic acids is 1. The second-order valence-corrected chi connectivity index (χ2v) is 9.44. The third-order valence-electron chi connectivity index (χ3n) is 5.33. The lowest BCUT2D eigenvalue weighted by Gasteiger charge is -2.23. The van der Waals surface area contributed by atoms with Crippen LogP contribution in [-0.2, 0) is 20.7 Å². The van der Waals surface area contributed by atoms with Crippen LogP contribution in [0.25, 0.3) is 0 Å². The molecule has 0 unspecified atom stereocenters. The van der Waals surface area contributed by atoms with Crippen molar-refractivity contribution in [3.05, 3.63) is 64.1 Å². The van der Waals surface area contributed by atoms with E-state index in [4.69, 9.17) is 24.3 Å². The van der Waals surface area contributed by atoms with Gasteiger partial charge in [-0.15, -0.1) is 0 Å². The van der Waals surface area contributed by atoms with E-state index in [2.05, 4.69) is 21.2 Å². The van der Waals surface area contributed by atoms with Crippen LogP contribution in [0.2, 0.25) is 0 Å². The first-order chi connectivity index (χ1) is 16.4. The molecule has 184 valence electrons. The molecule has 1 heterocycles. The summed E-state index contributed by atoms with van der Waals surface area (Å²) in [6.45, 7) is 5.80. The van der Waals surface area contributed by atoms with Crippen molar-refractivity contribution in [3.63, 3.8) is 0 Å². The van der Waals surface area contributed by atoms with E-state index in [0.717, 1.165) is 22.0 Å². The maximum atomic E-state index is 13.3. The molecule has 34 heavy (non-hydrogen) atoms. The Bertz CT molecular complexity index is 947. The minimum absolute atomic E-state index is 0.0932. The lowest BCUT2D eigenvalue weighted by molar-refractivity contribution is -0.126. The number of benzene rings is 2. The predicted molar refractivity (Wildman–Crippen MR) is 135 cm³/mol. The Balaban J connectivity index is 1.74. The molecule has 0 aromatic heterocycles. The Morgan fingerprint density at radius 1 is 1.15 bits per heavy atom. The van der Waals surface area contributed by atoms with Crippen molar-refractivity contribution in [1.82, 2.24) is 5.32 Å². The van der Waals surface area contributed by atoms with Gasteiger partial charge in [0.1, 0.15) is 12.4 Å². The van der Waals surface area contributed by atoms with Crippen molar-refractivity contribution in [2.75, 3.05) is 33.0 Å². The number of rotatable bonds is 13. The van der Waals surface area contributed by atoms with Gasteiger partial charge in [0.05, 0.1) is 12.7 Å². The predicted octanol–water partition coefficient (Wildman–Crippen LogP) is 3.90. The van der Waals surface area contributed by atoms with Gasteiger partial charge in [-0.25, -0.2) is 4.99 Å². The highest BCUT2D eigenvalue weighted by Gasteiger charge is 2.44. The molecular weight excluding hydrogens is 500 g/mol. The van der Waals surface area contributed by atoms with Crippen molar-refractivity contribution in [3.8, 4) is 5.75 Å². The lowest BCUT2D eigenvalue weighted by Crippen LogP contribution is -2.48. The van der Waals surface area contributed by atoms with Crippen molar-refractivity contribution in [1.29, 1.82) is 0 Å². The number of nitrogens with zero attached hydrogens (tertiary/aromatic N) is 1. The largest absolute Gasteiger partial charge is 0.494 e. The number of ether oxygens (including phenoxy) is 3. The maximum Gasteiger partial charge on any atom is 0.251 e. The molecule has 2 aromatic rings. The number of aliphatic imine (C=N–C) groups is 1. The van der Waals surface area contributed by atoms with Crippen LogP contribution in [0.1, 0.15) is 37.8 Å². The summed E-state index contributed by atoms with van der Waals surface area (Å²) in [6, 6.07) is 15.3. The molecule has 1 aliphatic rings. The Kier molecular flexibility index (Phi) is 9.92. The average Bonchev–Trinajstić information content (AvgIpc) is 3.26. The number of hydrogen-bond donors (Lipinski definition) is 2. The summed E-state index contributed by atoms with van der Waals surface area (Å²) in [5.74, 6) is 0.995. The van der Waals surface area contributed by atoms with E-state index in [0.29, 0.717) is 44.2 Å². The van der Waals surface area contributed by atoms with Crippen molar-refractivity contribution >= 4 is 27.7 Å². The Hall–Kier alpha value is -2.42. The molecule has 2 aromatic carbocycles. The van der Waals surface area contributed by atoms with E-state index in [9.17, 15) is 4.79 Å². The fourth-order valence-electron chi connectivity index (χ4n) is 3.53. The number of aliphatic hydroxyl groups excluding tert-OH is 1. The second-order valence-electron chi connectivity index (χ2n) is 8.52. The molecule has 1 atom stereocenters. The molecular formula is C26H33BrN2O5. The van der Waals surface area contributed by atoms with Gasteiger partial charge in [0, 0.05) is 42.6 Å². The van der Waals surface area contributed by atoms with Gasteiger partial charge in [0.15, 0.2) is 5.54 Å². The van der Waals surface area contributed by atoms with Crippen LogP contribution >= 0.6 is 15.9 Å². The summed E-state index contributed by atoms with van der Waals surface area (Å²) in [5, 5.41) is 11.9. The first-order valence-corrected chi connectivity index (χ1v) is 12.4. The molecule has 7 nitrogen and oxygen atoms in total. The summed E-state index contributed by atoms with van der Waals surface area (Å²) in [5.41, 5.74) is 0.742. The monoisotopic (exact) mass is 532 g/mol. The Morgan fingerprint density at radius 2 is 1.88 bits per heavy atom. The second kappa shape index (κ2) is 12.9. The van der Waals surface area contributed by atoms with Crippen LogP contribution in [0.4, 0.5) is 0 Å². The van der Waals surface area contributed by atoms with E-state index in [1.165, 1.54) is 0 Å². The number of amides is 1. The van der Waals surface area contributed by atoms with E-state index in [1.807, 2.05) is 62.4 Å². The van der Waals surface area contributed by atoms with Gasteiger partial charge >= 0.3 is 0 Å². The van der Waals surface area contributed by atoms with Crippen LogP contribution in [0.5, 0.6) is 5.75 Å². The van der Waals surface area contributed by atoms with E-state index >= 15 is 0 Å². The third-order valence-corrected chi connectivity index (χ3v) is 5.85. The zero-order valence-electron chi connectivity index (χ0n) is 19.8. The minimum Gasteiger partial charge on any atom is -0.494 e. The lowest BCUT2D eigenvalue weighted by atomic mass is 9.91. The van der Waals surface area contributed by atoms with Gasteiger partial charge in [-0.2, -0.15) is 0 Å². The SMILES string of the molecule is CC(C)OCCCNC(=O)[C@@]1(Cc2ccc(Br)cc2)COC(c2ccc(OCCCO)cc2)=N1. The normalized spacial score (nSPS) is 17.4. The molecule has 8 heteroatoms. The van der Waals surface area contributed by atoms with Crippen LogP contribution in [-0.4, -0.2) is 61.5 Å². The highest BCUT2D eigenvalue weighted by Crippen LogP contribution is 2.28. The van der Waals surface area contributed by atoms with Gasteiger partial charge in [-0.3, -0.25) is 4.79 Å². The average molecular weight is 533 g/mol. The van der Waals surface area contributed by atoms with Gasteiger partial charge in [0.25, 0.3) is 5.91 Å². The quantitative estimate of drug-likeness (QED) is 0.382. The van der Waals surface area contributed by atoms with Gasteiger partial charge in [-0.05, 0) is 62.2 Å². The molecule has 3 rings (SSSR count). The molecule has 1 amide bonds. The van der Waals surface area contributed by atoms with Crippen LogP contribution in [0.15, 0.2) is 58.0 Å². The summed E-state index contributed by atoms with van der Waals surface area (Å²) in [6.07, 6.45) is 1.91. The Morgan fingerprint density at radius 3 is 2.56 bits per heavy atom. The molecule has 2 N–H and O–H groups in total. The number of carbonyl (C=O) groups is 1. The molecule has 0 aliphatic carbocycles. The van der Waals surface area contributed by atoms with Gasteiger partial charge in [-0.1, -0.05) is 28.1 Å². The third kappa shape index (κ3) is 7.55. The molecule has 0 spiro atoms. The maximum absolute atomic E-state index is 13.3. The van der Waals surface area contributed by atoms with Gasteiger partial charge in [0.2, 0.25) is 5.90 Å². The van der Waals surface area contributed by atoms with Crippen LogP contribution < -0.4 is 10.1 Å². The summed E-state index contributed by atoms with van der Waals surface area (Å²) in [7, 11) is 0. The molecule has 0 radical (unpaired) electrons. The molecule has 0 saturated heterocycles.